The third-order valence-corrected chi connectivity index (χ3v) is 10.5. The third kappa shape index (κ3) is 15.0. The van der Waals surface area contributed by atoms with E-state index in [2.05, 4.69) is 66.0 Å². The molecule has 342 valence electrons. The zero-order valence-corrected chi connectivity index (χ0v) is 37.5. The van der Waals surface area contributed by atoms with Crippen LogP contribution in [0, 0.1) is 0 Å². The lowest BCUT2D eigenvalue weighted by Crippen LogP contribution is -2.10. The van der Waals surface area contributed by atoms with Crippen LogP contribution in [0.15, 0.2) is 169 Å². The molecule has 6 aromatic rings. The second-order valence-electron chi connectivity index (χ2n) is 15.2. The Morgan fingerprint density at radius 2 is 1.01 bits per heavy atom. The molecule has 0 unspecified atom stereocenters. The smallest absolute Gasteiger partial charge is 0.343 e. The molecule has 0 saturated carbocycles. The zero-order valence-electron chi connectivity index (χ0n) is 37.5. The standard InChI is InChI=1S/C56H54N2O9/c1-4-52(41-23-27-46(28-24-41)62-33-15-7-9-17-35-64-54(59)5-2)66-48-31-32-53(67-56(61)42-25-29-47(30-26-42)63-34-16-8-10-18-36-65-55(60)6-3)45(38-48)39-57-58-40-51-49-21-13-11-19-43(49)37-44-20-12-14-22-50(44)51/h5-6,11-14,19-32,37-40H,1-3,7-10,15-18,33-36H2/b57-39+,58-40+. The summed E-state index contributed by atoms with van der Waals surface area (Å²) in [5.74, 6) is 1.01. The first-order valence-electron chi connectivity index (χ1n) is 22.3. The zero-order chi connectivity index (χ0) is 47.1. The third-order valence-electron chi connectivity index (χ3n) is 10.5. The van der Waals surface area contributed by atoms with Gasteiger partial charge in [-0.25, -0.2) is 14.4 Å². The Balaban J connectivity index is 1.12. The van der Waals surface area contributed by atoms with Crippen molar-refractivity contribution in [2.75, 3.05) is 26.4 Å². The van der Waals surface area contributed by atoms with E-state index in [1.165, 1.54) is 12.3 Å². The van der Waals surface area contributed by atoms with E-state index in [9.17, 15) is 14.4 Å². The van der Waals surface area contributed by atoms with Crippen LogP contribution >= 0.6 is 0 Å². The van der Waals surface area contributed by atoms with E-state index in [1.54, 1.807) is 48.7 Å². The van der Waals surface area contributed by atoms with Crippen molar-refractivity contribution in [3.8, 4) is 23.0 Å². The maximum absolute atomic E-state index is 13.5. The molecule has 0 N–H and O–H groups in total. The summed E-state index contributed by atoms with van der Waals surface area (Å²) in [6.45, 7) is 12.5. The fraction of sp³-hybridized carbons (Fsp3) is 0.214. The highest BCUT2D eigenvalue weighted by molar-refractivity contribution is 6.13. The monoisotopic (exact) mass is 898 g/mol. The second kappa shape index (κ2) is 26.1. The summed E-state index contributed by atoms with van der Waals surface area (Å²) in [6.07, 6.45) is 12.6. The summed E-state index contributed by atoms with van der Waals surface area (Å²) >= 11 is 0. The first-order valence-corrected chi connectivity index (χ1v) is 22.3. The van der Waals surface area contributed by atoms with Crippen molar-refractivity contribution in [2.24, 2.45) is 10.2 Å². The number of nitrogens with zero attached hydrogens (tertiary/aromatic N) is 2. The van der Waals surface area contributed by atoms with Crippen LogP contribution in [-0.4, -0.2) is 56.8 Å². The van der Waals surface area contributed by atoms with Gasteiger partial charge < -0.3 is 28.4 Å². The molecule has 67 heavy (non-hydrogen) atoms. The summed E-state index contributed by atoms with van der Waals surface area (Å²) in [6, 6.07) is 37.7. The average Bonchev–Trinajstić information content (AvgIpc) is 3.36. The number of esters is 3. The van der Waals surface area contributed by atoms with Crippen molar-refractivity contribution in [3.63, 3.8) is 0 Å². The molecule has 0 aromatic heterocycles. The van der Waals surface area contributed by atoms with E-state index in [0.29, 0.717) is 60.6 Å². The highest BCUT2D eigenvalue weighted by Gasteiger charge is 2.15. The van der Waals surface area contributed by atoms with E-state index in [-0.39, 0.29) is 5.75 Å². The minimum atomic E-state index is -0.571. The summed E-state index contributed by atoms with van der Waals surface area (Å²) in [5, 5.41) is 13.2. The van der Waals surface area contributed by atoms with Gasteiger partial charge in [0, 0.05) is 28.8 Å². The molecule has 0 atom stereocenters. The molecular weight excluding hydrogens is 845 g/mol. The quantitative estimate of drug-likeness (QED) is 0.00601. The maximum Gasteiger partial charge on any atom is 0.343 e. The van der Waals surface area contributed by atoms with Crippen molar-refractivity contribution >= 4 is 57.6 Å². The molecule has 0 radical (unpaired) electrons. The number of benzene rings is 6. The molecule has 6 rings (SSSR count). The SMILES string of the molecule is C=C=C(Oc1ccc(OC(=O)c2ccc(OCCCCCCOC(=O)C=C)cc2)c(/C=N/N=C/c2c3ccccc3cc3ccccc23)c1)c1ccc(OCCCCCCOC(=O)C=C)cc1. The van der Waals surface area contributed by atoms with Crippen molar-refractivity contribution in [3.05, 3.63) is 181 Å². The van der Waals surface area contributed by atoms with E-state index in [4.69, 9.17) is 28.4 Å². The molecule has 11 heteroatoms. The van der Waals surface area contributed by atoms with E-state index < -0.39 is 17.9 Å². The van der Waals surface area contributed by atoms with Gasteiger partial charge >= 0.3 is 17.9 Å². The van der Waals surface area contributed by atoms with Gasteiger partial charge in [-0.1, -0.05) is 74.0 Å². The first-order chi connectivity index (χ1) is 32.8. The van der Waals surface area contributed by atoms with Crippen LogP contribution in [0.3, 0.4) is 0 Å². The first kappa shape index (κ1) is 48.4. The fourth-order valence-corrected chi connectivity index (χ4v) is 6.98. The normalized spacial score (nSPS) is 11.0. The lowest BCUT2D eigenvalue weighted by atomic mass is 9.97. The van der Waals surface area contributed by atoms with Gasteiger partial charge in [-0.2, -0.15) is 10.2 Å². The Bertz CT molecular complexity index is 2700. The molecule has 6 aromatic carbocycles. The van der Waals surface area contributed by atoms with E-state index in [0.717, 1.165) is 90.1 Å². The molecular formula is C56H54N2O9. The number of hydrogen-bond donors (Lipinski definition) is 0. The van der Waals surface area contributed by atoms with Gasteiger partial charge in [0.2, 0.25) is 0 Å². The Hall–Kier alpha value is -8.01. The van der Waals surface area contributed by atoms with Crippen LogP contribution in [0.4, 0.5) is 0 Å². The highest BCUT2D eigenvalue weighted by atomic mass is 16.5. The Labute approximate surface area is 391 Å². The Morgan fingerprint density at radius 3 is 1.55 bits per heavy atom. The molecule has 0 saturated heterocycles. The van der Waals surface area contributed by atoms with Crippen molar-refractivity contribution in [1.82, 2.24) is 0 Å². The van der Waals surface area contributed by atoms with Gasteiger partial charge in [-0.05, 0) is 146 Å². The second-order valence-corrected chi connectivity index (χ2v) is 15.2. The number of rotatable bonds is 26. The van der Waals surface area contributed by atoms with Crippen LogP contribution < -0.4 is 18.9 Å². The molecule has 0 spiro atoms. The molecule has 0 fully saturated rings. The number of fused-ring (bicyclic) bond motifs is 2. The van der Waals surface area contributed by atoms with Crippen LogP contribution in [-0.2, 0) is 19.1 Å². The molecule has 0 aliphatic carbocycles. The molecule has 11 nitrogen and oxygen atoms in total. The lowest BCUT2D eigenvalue weighted by molar-refractivity contribution is -0.138. The van der Waals surface area contributed by atoms with Gasteiger partial charge in [-0.15, -0.1) is 0 Å². The van der Waals surface area contributed by atoms with Crippen molar-refractivity contribution < 1.29 is 42.8 Å². The molecule has 0 bridgehead atoms. The van der Waals surface area contributed by atoms with Crippen molar-refractivity contribution in [2.45, 2.75) is 51.4 Å². The van der Waals surface area contributed by atoms with E-state index >= 15 is 0 Å². The van der Waals surface area contributed by atoms with Gasteiger partial charge in [0.25, 0.3) is 0 Å². The average molecular weight is 899 g/mol. The Kier molecular flexibility index (Phi) is 18.9. The molecule has 0 amide bonds. The van der Waals surface area contributed by atoms with Crippen molar-refractivity contribution in [1.29, 1.82) is 0 Å². The number of carbonyl (C=O) groups is 3. The van der Waals surface area contributed by atoms with Gasteiger partial charge in [0.05, 0.1) is 44.4 Å². The number of unbranched alkanes of at least 4 members (excludes halogenated alkanes) is 6. The summed E-state index contributed by atoms with van der Waals surface area (Å²) < 4.78 is 34.1. The highest BCUT2D eigenvalue weighted by Crippen LogP contribution is 2.30. The van der Waals surface area contributed by atoms with Gasteiger partial charge in [-0.3, -0.25) is 0 Å². The number of ether oxygens (including phenoxy) is 6. The Morgan fingerprint density at radius 1 is 0.522 bits per heavy atom. The van der Waals surface area contributed by atoms with Gasteiger partial charge in [0.1, 0.15) is 23.0 Å². The molecule has 0 aliphatic rings. The molecule has 0 heterocycles. The maximum atomic E-state index is 13.5. The predicted molar refractivity (Wildman–Crippen MR) is 264 cm³/mol. The lowest BCUT2D eigenvalue weighted by Gasteiger charge is -2.13. The minimum Gasteiger partial charge on any atom is -0.494 e. The number of carbonyl (C=O) groups excluding carboxylic acids is 3. The van der Waals surface area contributed by atoms with Crippen LogP contribution in [0.5, 0.6) is 23.0 Å². The number of hydrogen-bond acceptors (Lipinski definition) is 11. The van der Waals surface area contributed by atoms with Crippen LogP contribution in [0.1, 0.15) is 78.4 Å². The molecule has 0 aliphatic heterocycles. The summed E-state index contributed by atoms with van der Waals surface area (Å²) in [4.78, 5) is 35.9. The van der Waals surface area contributed by atoms with E-state index in [1.807, 2.05) is 48.5 Å². The van der Waals surface area contributed by atoms with Gasteiger partial charge in [0.15, 0.2) is 5.76 Å². The minimum absolute atomic E-state index is 0.244. The topological polar surface area (TPSA) is 131 Å². The van der Waals surface area contributed by atoms with Crippen LogP contribution in [0.25, 0.3) is 27.3 Å². The summed E-state index contributed by atoms with van der Waals surface area (Å²) in [7, 11) is 0. The van der Waals surface area contributed by atoms with Crippen LogP contribution in [0.2, 0.25) is 0 Å². The predicted octanol–water partition coefficient (Wildman–Crippen LogP) is 12.2. The largest absolute Gasteiger partial charge is 0.494 e. The fourth-order valence-electron chi connectivity index (χ4n) is 6.98. The summed E-state index contributed by atoms with van der Waals surface area (Å²) in [5.41, 5.74) is 5.33.